The zero-order chi connectivity index (χ0) is 13.9. The molecule has 1 aliphatic carbocycles. The molecule has 4 heteroatoms. The van der Waals surface area contributed by atoms with Crippen molar-refractivity contribution in [1.29, 1.82) is 0 Å². The molecule has 1 fully saturated rings. The molecule has 104 valence electrons. The Hall–Kier alpha value is -1.55. The summed E-state index contributed by atoms with van der Waals surface area (Å²) in [6, 6.07) is 5.20. The Morgan fingerprint density at radius 2 is 2.00 bits per heavy atom. The van der Waals surface area contributed by atoms with Crippen molar-refractivity contribution >= 4 is 11.7 Å². The number of aromatic carboxylic acids is 1. The van der Waals surface area contributed by atoms with Gasteiger partial charge in [0.15, 0.2) is 0 Å². The predicted octanol–water partition coefficient (Wildman–Crippen LogP) is 2.80. The highest BCUT2D eigenvalue weighted by molar-refractivity contribution is 5.94. The van der Waals surface area contributed by atoms with E-state index in [-0.39, 0.29) is 5.56 Å². The van der Waals surface area contributed by atoms with E-state index in [1.54, 1.807) is 12.1 Å². The molecule has 1 aromatic rings. The maximum atomic E-state index is 11.2. The summed E-state index contributed by atoms with van der Waals surface area (Å²) in [5.41, 5.74) is 1.15. The van der Waals surface area contributed by atoms with Gasteiger partial charge < -0.3 is 15.5 Å². The summed E-state index contributed by atoms with van der Waals surface area (Å²) in [5.74, 6) is -0.946. The van der Waals surface area contributed by atoms with Gasteiger partial charge in [0.25, 0.3) is 0 Å². The summed E-state index contributed by atoms with van der Waals surface area (Å²) in [6.07, 6.45) is 4.82. The van der Waals surface area contributed by atoms with E-state index < -0.39 is 11.6 Å². The third kappa shape index (κ3) is 3.47. The monoisotopic (exact) mass is 263 g/mol. The first-order valence-corrected chi connectivity index (χ1v) is 6.80. The van der Waals surface area contributed by atoms with Crippen molar-refractivity contribution in [2.24, 2.45) is 0 Å². The number of benzene rings is 1. The molecule has 0 aliphatic heterocycles. The maximum Gasteiger partial charge on any atom is 0.337 e. The lowest BCUT2D eigenvalue weighted by atomic mass is 9.85. The number of carboxylic acids is 1. The number of carbonyl (C=O) groups is 1. The van der Waals surface area contributed by atoms with Crippen molar-refractivity contribution in [3.05, 3.63) is 29.3 Å². The van der Waals surface area contributed by atoms with Crippen LogP contribution in [0.3, 0.4) is 0 Å². The van der Waals surface area contributed by atoms with Crippen molar-refractivity contribution in [2.75, 3.05) is 11.9 Å². The normalized spacial score (nSPS) is 18.0. The second kappa shape index (κ2) is 5.61. The van der Waals surface area contributed by atoms with Gasteiger partial charge in [0.05, 0.1) is 11.2 Å². The van der Waals surface area contributed by atoms with Crippen LogP contribution in [0.15, 0.2) is 18.2 Å². The topological polar surface area (TPSA) is 69.6 Å². The van der Waals surface area contributed by atoms with Crippen LogP contribution in [-0.4, -0.2) is 28.3 Å². The zero-order valence-electron chi connectivity index (χ0n) is 11.3. The predicted molar refractivity (Wildman–Crippen MR) is 74.7 cm³/mol. The third-order valence-electron chi connectivity index (χ3n) is 3.80. The molecule has 3 N–H and O–H groups in total. The van der Waals surface area contributed by atoms with Crippen LogP contribution < -0.4 is 5.32 Å². The molecular weight excluding hydrogens is 242 g/mol. The Labute approximate surface area is 113 Å². The lowest BCUT2D eigenvalue weighted by Gasteiger charge is -2.32. The molecule has 1 aromatic carbocycles. The lowest BCUT2D eigenvalue weighted by molar-refractivity contribution is 0.0166. The van der Waals surface area contributed by atoms with Crippen molar-refractivity contribution in [3.8, 4) is 0 Å². The first-order valence-electron chi connectivity index (χ1n) is 6.80. The fraction of sp³-hybridized carbons (Fsp3) is 0.533. The molecule has 0 radical (unpaired) electrons. The van der Waals surface area contributed by atoms with Crippen LogP contribution in [0.25, 0.3) is 0 Å². The lowest BCUT2D eigenvalue weighted by Crippen LogP contribution is -2.39. The Balaban J connectivity index is 2.10. The van der Waals surface area contributed by atoms with E-state index in [1.165, 1.54) is 6.42 Å². The maximum absolute atomic E-state index is 11.2. The van der Waals surface area contributed by atoms with E-state index in [2.05, 4.69) is 5.32 Å². The summed E-state index contributed by atoms with van der Waals surface area (Å²) < 4.78 is 0. The summed E-state index contributed by atoms with van der Waals surface area (Å²) >= 11 is 0. The van der Waals surface area contributed by atoms with Crippen LogP contribution in [0.2, 0.25) is 0 Å². The number of hydrogen-bond acceptors (Lipinski definition) is 3. The molecule has 0 unspecified atom stereocenters. The average Bonchev–Trinajstić information content (AvgIpc) is 2.37. The first kappa shape index (κ1) is 13.9. The Morgan fingerprint density at radius 3 is 2.63 bits per heavy atom. The zero-order valence-corrected chi connectivity index (χ0v) is 11.3. The van der Waals surface area contributed by atoms with Crippen molar-refractivity contribution in [3.63, 3.8) is 0 Å². The molecule has 0 spiro atoms. The van der Waals surface area contributed by atoms with Crippen LogP contribution in [0.4, 0.5) is 5.69 Å². The number of carboxylic acid groups (broad SMARTS) is 1. The summed E-state index contributed by atoms with van der Waals surface area (Å²) in [4.78, 5) is 11.2. The molecule has 0 atom stereocenters. The van der Waals surface area contributed by atoms with Gasteiger partial charge in [0.1, 0.15) is 0 Å². The largest absolute Gasteiger partial charge is 0.478 e. The Morgan fingerprint density at radius 1 is 1.32 bits per heavy atom. The SMILES string of the molecule is Cc1ccc(C(=O)O)c(NCC2(O)CCCCC2)c1. The van der Waals surface area contributed by atoms with Gasteiger partial charge >= 0.3 is 5.97 Å². The van der Waals surface area contributed by atoms with Gasteiger partial charge in [-0.1, -0.05) is 25.3 Å². The van der Waals surface area contributed by atoms with Gasteiger partial charge in [-0.25, -0.2) is 4.79 Å². The number of nitrogens with one attached hydrogen (secondary N) is 1. The first-order chi connectivity index (χ1) is 9.00. The highest BCUT2D eigenvalue weighted by atomic mass is 16.4. The molecule has 1 saturated carbocycles. The minimum absolute atomic E-state index is 0.255. The highest BCUT2D eigenvalue weighted by Gasteiger charge is 2.29. The second-order valence-electron chi connectivity index (χ2n) is 5.49. The summed E-state index contributed by atoms with van der Waals surface area (Å²) in [5, 5.41) is 22.7. The van der Waals surface area contributed by atoms with Crippen LogP contribution in [0.5, 0.6) is 0 Å². The standard InChI is InChI=1S/C15H21NO3/c1-11-5-6-12(14(17)18)13(9-11)16-10-15(19)7-3-2-4-8-15/h5-6,9,16,19H,2-4,7-8,10H2,1H3,(H,17,18). The van der Waals surface area contributed by atoms with Crippen LogP contribution in [0, 0.1) is 6.92 Å². The van der Waals surface area contributed by atoms with Gasteiger partial charge in [0, 0.05) is 12.2 Å². The van der Waals surface area contributed by atoms with Crippen molar-refractivity contribution < 1.29 is 15.0 Å². The minimum atomic E-state index is -0.946. The summed E-state index contributed by atoms with van der Waals surface area (Å²) in [6.45, 7) is 2.34. The quantitative estimate of drug-likeness (QED) is 0.781. The molecule has 0 heterocycles. The van der Waals surface area contributed by atoms with Crippen LogP contribution in [-0.2, 0) is 0 Å². The number of aryl methyl sites for hydroxylation is 1. The van der Waals surface area contributed by atoms with Crippen molar-refractivity contribution in [2.45, 2.75) is 44.6 Å². The van der Waals surface area contributed by atoms with Gasteiger partial charge in [-0.05, 0) is 37.5 Å². The van der Waals surface area contributed by atoms with Gasteiger partial charge in [0.2, 0.25) is 0 Å². The Bertz CT molecular complexity index is 464. The highest BCUT2D eigenvalue weighted by Crippen LogP contribution is 2.29. The van der Waals surface area contributed by atoms with E-state index in [1.807, 2.05) is 13.0 Å². The van der Waals surface area contributed by atoms with Gasteiger partial charge in [-0.3, -0.25) is 0 Å². The molecule has 0 saturated heterocycles. The van der Waals surface area contributed by atoms with E-state index >= 15 is 0 Å². The molecule has 2 rings (SSSR count). The number of rotatable bonds is 4. The molecule has 0 aromatic heterocycles. The molecule has 0 amide bonds. The molecular formula is C15H21NO3. The van der Waals surface area contributed by atoms with E-state index in [0.717, 1.165) is 31.2 Å². The van der Waals surface area contributed by atoms with E-state index in [0.29, 0.717) is 12.2 Å². The second-order valence-corrected chi connectivity index (χ2v) is 5.49. The summed E-state index contributed by atoms with van der Waals surface area (Å²) in [7, 11) is 0. The van der Waals surface area contributed by atoms with Crippen LogP contribution >= 0.6 is 0 Å². The molecule has 19 heavy (non-hydrogen) atoms. The fourth-order valence-electron chi connectivity index (χ4n) is 2.64. The smallest absolute Gasteiger partial charge is 0.337 e. The van der Waals surface area contributed by atoms with E-state index in [9.17, 15) is 9.90 Å². The fourth-order valence-corrected chi connectivity index (χ4v) is 2.64. The van der Waals surface area contributed by atoms with Crippen molar-refractivity contribution in [1.82, 2.24) is 0 Å². The van der Waals surface area contributed by atoms with Gasteiger partial charge in [-0.15, -0.1) is 0 Å². The number of aliphatic hydroxyl groups is 1. The van der Waals surface area contributed by atoms with Gasteiger partial charge in [-0.2, -0.15) is 0 Å². The molecule has 0 bridgehead atoms. The molecule has 4 nitrogen and oxygen atoms in total. The number of anilines is 1. The minimum Gasteiger partial charge on any atom is -0.478 e. The third-order valence-corrected chi connectivity index (χ3v) is 3.80. The van der Waals surface area contributed by atoms with E-state index in [4.69, 9.17) is 5.11 Å². The average molecular weight is 263 g/mol. The Kier molecular flexibility index (Phi) is 4.10. The van der Waals surface area contributed by atoms with Crippen LogP contribution in [0.1, 0.15) is 48.0 Å². The molecule has 1 aliphatic rings. The number of hydrogen-bond donors (Lipinski definition) is 3.